The summed E-state index contributed by atoms with van der Waals surface area (Å²) in [6, 6.07) is 10.3. The number of methoxy groups -OCH3 is 3. The van der Waals surface area contributed by atoms with Crippen LogP contribution in [0.15, 0.2) is 53.2 Å². The minimum atomic E-state index is -0.353. The molecule has 1 aliphatic heterocycles. The van der Waals surface area contributed by atoms with Crippen molar-refractivity contribution in [2.75, 3.05) is 39.7 Å². The van der Waals surface area contributed by atoms with Gasteiger partial charge in [-0.3, -0.25) is 9.59 Å². The predicted octanol–water partition coefficient (Wildman–Crippen LogP) is 4.55. The van der Waals surface area contributed by atoms with Crippen molar-refractivity contribution >= 4 is 33.7 Å². The van der Waals surface area contributed by atoms with E-state index in [2.05, 4.69) is 5.32 Å². The van der Waals surface area contributed by atoms with Crippen LogP contribution in [-0.2, 0) is 0 Å². The van der Waals surface area contributed by atoms with Crippen molar-refractivity contribution in [3.63, 3.8) is 0 Å². The normalized spacial score (nSPS) is 13.3. The summed E-state index contributed by atoms with van der Waals surface area (Å²) in [6.07, 6.45) is 4.10. The molecular weight excluding hydrogens is 444 g/mol. The number of hydrogen-bond acceptors (Lipinski definition) is 7. The van der Waals surface area contributed by atoms with E-state index in [4.69, 9.17) is 18.6 Å². The van der Waals surface area contributed by atoms with Crippen molar-refractivity contribution in [1.29, 1.82) is 0 Å². The van der Waals surface area contributed by atoms with Crippen molar-refractivity contribution in [2.24, 2.45) is 0 Å². The number of furan rings is 1. The fraction of sp³-hybridized carbons (Fsp3) is 0.250. The number of ether oxygens (including phenoxy) is 3. The molecule has 0 unspecified atom stereocenters. The Bertz CT molecular complexity index is 1160. The second-order valence-corrected chi connectivity index (χ2v) is 8.32. The standard InChI is InChI=1S/C24H24N2O6S/c1-29-16-13-18(30-2)22(19(14-16)31-3)15-8-10-26(11-9-15)24(28)20-6-7-21(33-20)25-23(27)17-5-4-12-32-17/h4-8,12-14H,9-11H2,1-3H3,(H,25,27). The van der Waals surface area contributed by atoms with Gasteiger partial charge in [0.25, 0.3) is 11.8 Å². The molecule has 1 aliphatic rings. The number of hydrogen-bond donors (Lipinski definition) is 1. The van der Waals surface area contributed by atoms with Crippen LogP contribution < -0.4 is 19.5 Å². The molecule has 0 fully saturated rings. The van der Waals surface area contributed by atoms with E-state index in [9.17, 15) is 9.59 Å². The molecule has 0 saturated carbocycles. The molecule has 4 rings (SSSR count). The quantitative estimate of drug-likeness (QED) is 0.547. The van der Waals surface area contributed by atoms with Crippen LogP contribution in [0.1, 0.15) is 32.2 Å². The van der Waals surface area contributed by atoms with Gasteiger partial charge in [0.05, 0.1) is 43.0 Å². The van der Waals surface area contributed by atoms with E-state index in [1.54, 1.807) is 50.5 Å². The molecule has 1 aromatic carbocycles. The van der Waals surface area contributed by atoms with Gasteiger partial charge < -0.3 is 28.8 Å². The highest BCUT2D eigenvalue weighted by Gasteiger charge is 2.24. The lowest BCUT2D eigenvalue weighted by Gasteiger charge is -2.27. The van der Waals surface area contributed by atoms with Crippen molar-refractivity contribution in [1.82, 2.24) is 4.90 Å². The maximum absolute atomic E-state index is 13.0. The topological polar surface area (TPSA) is 90.2 Å². The summed E-state index contributed by atoms with van der Waals surface area (Å²) >= 11 is 1.23. The fourth-order valence-corrected chi connectivity index (χ4v) is 4.53. The van der Waals surface area contributed by atoms with Crippen LogP contribution in [0.25, 0.3) is 5.57 Å². The van der Waals surface area contributed by atoms with E-state index in [-0.39, 0.29) is 17.6 Å². The summed E-state index contributed by atoms with van der Waals surface area (Å²) in [4.78, 5) is 27.5. The Balaban J connectivity index is 1.47. The number of rotatable bonds is 7. The zero-order valence-corrected chi connectivity index (χ0v) is 19.4. The second kappa shape index (κ2) is 9.83. The largest absolute Gasteiger partial charge is 0.496 e. The molecule has 2 amide bonds. The maximum atomic E-state index is 13.0. The molecule has 9 heteroatoms. The van der Waals surface area contributed by atoms with Crippen LogP contribution in [0.2, 0.25) is 0 Å². The average Bonchev–Trinajstić information content (AvgIpc) is 3.55. The molecule has 2 aromatic heterocycles. The van der Waals surface area contributed by atoms with Crippen molar-refractivity contribution in [2.45, 2.75) is 6.42 Å². The highest BCUT2D eigenvalue weighted by atomic mass is 32.1. The van der Waals surface area contributed by atoms with E-state index < -0.39 is 0 Å². The molecule has 8 nitrogen and oxygen atoms in total. The Labute approximate surface area is 195 Å². The summed E-state index contributed by atoms with van der Waals surface area (Å²) in [5.41, 5.74) is 1.92. The number of amides is 2. The second-order valence-electron chi connectivity index (χ2n) is 7.23. The minimum Gasteiger partial charge on any atom is -0.496 e. The molecule has 0 bridgehead atoms. The number of anilines is 1. The van der Waals surface area contributed by atoms with E-state index >= 15 is 0 Å². The van der Waals surface area contributed by atoms with Gasteiger partial charge in [-0.15, -0.1) is 11.3 Å². The average molecular weight is 469 g/mol. The fourth-order valence-electron chi connectivity index (χ4n) is 3.66. The van der Waals surface area contributed by atoms with Gasteiger partial charge in [0.15, 0.2) is 5.76 Å². The number of nitrogens with zero attached hydrogens (tertiary/aromatic N) is 1. The number of thiophene rings is 1. The molecule has 172 valence electrons. The molecule has 0 radical (unpaired) electrons. The molecule has 33 heavy (non-hydrogen) atoms. The lowest BCUT2D eigenvalue weighted by Crippen LogP contribution is -2.34. The Hall–Kier alpha value is -3.72. The number of carbonyl (C=O) groups excluding carboxylic acids is 2. The molecule has 0 aliphatic carbocycles. The molecule has 3 aromatic rings. The van der Waals surface area contributed by atoms with E-state index in [1.165, 1.54) is 17.6 Å². The zero-order valence-electron chi connectivity index (χ0n) is 18.5. The Kier molecular flexibility index (Phi) is 6.69. The number of carbonyl (C=O) groups is 2. The molecule has 0 saturated heterocycles. The molecule has 1 N–H and O–H groups in total. The molecule has 0 spiro atoms. The van der Waals surface area contributed by atoms with Gasteiger partial charge in [-0.25, -0.2) is 0 Å². The van der Waals surface area contributed by atoms with Gasteiger partial charge in [0, 0.05) is 25.2 Å². The van der Waals surface area contributed by atoms with Gasteiger partial charge in [-0.05, 0) is 36.3 Å². The number of nitrogens with one attached hydrogen (secondary N) is 1. The molecule has 3 heterocycles. The minimum absolute atomic E-state index is 0.0811. The Morgan fingerprint density at radius 2 is 1.82 bits per heavy atom. The SMILES string of the molecule is COc1cc(OC)c(C2=CCN(C(=O)c3ccc(NC(=O)c4ccco4)s3)CC2)c(OC)c1. The maximum Gasteiger partial charge on any atom is 0.291 e. The van der Waals surface area contributed by atoms with Crippen LogP contribution in [0.4, 0.5) is 5.00 Å². The smallest absolute Gasteiger partial charge is 0.291 e. The monoisotopic (exact) mass is 468 g/mol. The first-order valence-electron chi connectivity index (χ1n) is 10.3. The van der Waals surface area contributed by atoms with Gasteiger partial charge in [0.1, 0.15) is 17.2 Å². The van der Waals surface area contributed by atoms with Crippen LogP contribution >= 0.6 is 11.3 Å². The predicted molar refractivity (Wildman–Crippen MR) is 126 cm³/mol. The molecular formula is C24H24N2O6S. The lowest BCUT2D eigenvalue weighted by atomic mass is 9.97. The summed E-state index contributed by atoms with van der Waals surface area (Å²) in [7, 11) is 4.81. The summed E-state index contributed by atoms with van der Waals surface area (Å²) in [6.45, 7) is 1.01. The van der Waals surface area contributed by atoms with E-state index in [0.29, 0.717) is 46.6 Å². The van der Waals surface area contributed by atoms with Crippen LogP contribution in [0, 0.1) is 0 Å². The first-order valence-corrected chi connectivity index (χ1v) is 11.1. The zero-order chi connectivity index (χ0) is 23.4. The van der Waals surface area contributed by atoms with Gasteiger partial charge in [-0.1, -0.05) is 6.08 Å². The van der Waals surface area contributed by atoms with E-state index in [1.807, 2.05) is 18.2 Å². The third kappa shape index (κ3) is 4.73. The third-order valence-electron chi connectivity index (χ3n) is 5.33. The first kappa shape index (κ1) is 22.5. The van der Waals surface area contributed by atoms with Gasteiger partial charge in [0.2, 0.25) is 0 Å². The van der Waals surface area contributed by atoms with Gasteiger partial charge >= 0.3 is 0 Å². The highest BCUT2D eigenvalue weighted by Crippen LogP contribution is 2.41. The number of benzene rings is 1. The van der Waals surface area contributed by atoms with Crippen molar-refractivity contribution < 1.29 is 28.2 Å². The summed E-state index contributed by atoms with van der Waals surface area (Å²) in [5, 5.41) is 3.33. The van der Waals surface area contributed by atoms with Crippen molar-refractivity contribution in [3.8, 4) is 17.2 Å². The molecule has 0 atom stereocenters. The van der Waals surface area contributed by atoms with Crippen LogP contribution in [0.3, 0.4) is 0 Å². The third-order valence-corrected chi connectivity index (χ3v) is 6.32. The Morgan fingerprint density at radius 3 is 2.39 bits per heavy atom. The van der Waals surface area contributed by atoms with Crippen molar-refractivity contribution in [3.05, 3.63) is 64.9 Å². The lowest BCUT2D eigenvalue weighted by molar-refractivity contribution is 0.0777. The first-order chi connectivity index (χ1) is 16.0. The highest BCUT2D eigenvalue weighted by molar-refractivity contribution is 7.18. The summed E-state index contributed by atoms with van der Waals surface area (Å²) < 4.78 is 21.6. The van der Waals surface area contributed by atoms with Crippen LogP contribution in [0.5, 0.6) is 17.2 Å². The van der Waals surface area contributed by atoms with E-state index in [0.717, 1.165) is 11.1 Å². The summed E-state index contributed by atoms with van der Waals surface area (Å²) in [5.74, 6) is 1.75. The Morgan fingerprint density at radius 1 is 1.06 bits per heavy atom. The van der Waals surface area contributed by atoms with Crippen LogP contribution in [-0.4, -0.2) is 51.1 Å². The van der Waals surface area contributed by atoms with Gasteiger partial charge in [-0.2, -0.15) is 0 Å².